The zero-order valence-electron chi connectivity index (χ0n) is 9.15. The molecule has 0 fully saturated rings. The largest absolute Gasteiger partial charge is 0.330 e. The number of nitrogens with zero attached hydrogens (tertiary/aromatic N) is 1. The molecule has 2 aromatic carbocycles. The molecule has 3 rings (SSSR count). The van der Waals surface area contributed by atoms with Crippen LogP contribution in [0.5, 0.6) is 0 Å². The molecule has 0 radical (unpaired) electrons. The lowest BCUT2D eigenvalue weighted by Crippen LogP contribution is -1.89. The number of aromatic nitrogens is 1. The van der Waals surface area contributed by atoms with Gasteiger partial charge in [-0.25, -0.2) is 9.37 Å². The van der Waals surface area contributed by atoms with E-state index in [1.54, 1.807) is 12.1 Å². The van der Waals surface area contributed by atoms with Gasteiger partial charge in [0.05, 0.1) is 20.9 Å². The van der Waals surface area contributed by atoms with Crippen molar-refractivity contribution < 1.29 is 4.39 Å². The Bertz CT molecular complexity index is 711. The fourth-order valence-corrected chi connectivity index (χ4v) is 2.72. The van der Waals surface area contributed by atoms with Crippen LogP contribution < -0.4 is 5.32 Å². The molecule has 3 aromatic rings. The van der Waals surface area contributed by atoms with Crippen LogP contribution >= 0.6 is 22.9 Å². The van der Waals surface area contributed by atoms with Gasteiger partial charge >= 0.3 is 0 Å². The molecule has 0 aliphatic heterocycles. The molecule has 0 spiro atoms. The van der Waals surface area contributed by atoms with Crippen LogP contribution in [0, 0.1) is 5.82 Å². The van der Waals surface area contributed by atoms with Crippen LogP contribution in [0.1, 0.15) is 0 Å². The number of para-hydroxylation sites is 1. The SMILES string of the molecule is Fc1ccc2nc(Nc3ccccc3Cl)sc2c1. The number of fused-ring (bicyclic) bond motifs is 1. The van der Waals surface area contributed by atoms with Crippen molar-refractivity contribution in [3.8, 4) is 0 Å². The van der Waals surface area contributed by atoms with Crippen molar-refractivity contribution >= 4 is 44.0 Å². The third-order valence-corrected chi connectivity index (χ3v) is 3.73. The highest BCUT2D eigenvalue weighted by molar-refractivity contribution is 7.22. The summed E-state index contributed by atoms with van der Waals surface area (Å²) in [6.45, 7) is 0. The Morgan fingerprint density at radius 1 is 1.17 bits per heavy atom. The van der Waals surface area contributed by atoms with Gasteiger partial charge < -0.3 is 5.32 Å². The fourth-order valence-electron chi connectivity index (χ4n) is 1.63. The second-order valence-corrected chi connectivity index (χ2v) is 5.17. The predicted molar refractivity (Wildman–Crippen MR) is 74.3 cm³/mol. The summed E-state index contributed by atoms with van der Waals surface area (Å²) in [7, 11) is 0. The van der Waals surface area contributed by atoms with Crippen LogP contribution in [0.4, 0.5) is 15.2 Å². The summed E-state index contributed by atoms with van der Waals surface area (Å²) in [5.41, 5.74) is 1.56. The van der Waals surface area contributed by atoms with Crippen LogP contribution in [0.3, 0.4) is 0 Å². The molecule has 2 nitrogen and oxygen atoms in total. The smallest absolute Gasteiger partial charge is 0.188 e. The Labute approximate surface area is 112 Å². The molecule has 1 aromatic heterocycles. The van der Waals surface area contributed by atoms with Gasteiger partial charge in [-0.2, -0.15) is 0 Å². The van der Waals surface area contributed by atoms with Crippen LogP contribution in [-0.2, 0) is 0 Å². The third-order valence-electron chi connectivity index (χ3n) is 2.47. The van der Waals surface area contributed by atoms with E-state index in [1.165, 1.54) is 23.5 Å². The van der Waals surface area contributed by atoms with Crippen LogP contribution in [0.15, 0.2) is 42.5 Å². The van der Waals surface area contributed by atoms with E-state index in [4.69, 9.17) is 11.6 Å². The van der Waals surface area contributed by atoms with E-state index in [-0.39, 0.29) is 5.82 Å². The molecule has 1 heterocycles. The Morgan fingerprint density at radius 2 is 2.00 bits per heavy atom. The van der Waals surface area contributed by atoms with Gasteiger partial charge in [-0.3, -0.25) is 0 Å². The van der Waals surface area contributed by atoms with Crippen molar-refractivity contribution in [3.63, 3.8) is 0 Å². The summed E-state index contributed by atoms with van der Waals surface area (Å²) in [6.07, 6.45) is 0. The lowest BCUT2D eigenvalue weighted by atomic mass is 10.3. The minimum absolute atomic E-state index is 0.254. The van der Waals surface area contributed by atoms with Crippen molar-refractivity contribution in [2.24, 2.45) is 0 Å². The maximum Gasteiger partial charge on any atom is 0.188 e. The molecule has 0 aliphatic rings. The summed E-state index contributed by atoms with van der Waals surface area (Å²) in [5, 5.41) is 4.46. The number of benzene rings is 2. The fraction of sp³-hybridized carbons (Fsp3) is 0. The average molecular weight is 279 g/mol. The number of rotatable bonds is 2. The van der Waals surface area contributed by atoms with Gasteiger partial charge in [0.1, 0.15) is 5.82 Å². The normalized spacial score (nSPS) is 10.8. The van der Waals surface area contributed by atoms with Crippen molar-refractivity contribution in [3.05, 3.63) is 53.3 Å². The number of nitrogens with one attached hydrogen (secondary N) is 1. The molecule has 18 heavy (non-hydrogen) atoms. The molecule has 0 aliphatic carbocycles. The highest BCUT2D eigenvalue weighted by atomic mass is 35.5. The molecule has 0 unspecified atom stereocenters. The summed E-state index contributed by atoms with van der Waals surface area (Å²) in [6, 6.07) is 12.0. The number of thiazole rings is 1. The Hall–Kier alpha value is -1.65. The first-order valence-electron chi connectivity index (χ1n) is 5.30. The quantitative estimate of drug-likeness (QED) is 0.726. The van der Waals surface area contributed by atoms with E-state index >= 15 is 0 Å². The molecule has 0 saturated carbocycles. The molecule has 0 amide bonds. The summed E-state index contributed by atoms with van der Waals surface area (Å²) < 4.78 is 13.9. The summed E-state index contributed by atoms with van der Waals surface area (Å²) in [4.78, 5) is 4.37. The molecular weight excluding hydrogens is 271 g/mol. The van der Waals surface area contributed by atoms with E-state index < -0.39 is 0 Å². The van der Waals surface area contributed by atoms with E-state index in [0.29, 0.717) is 10.2 Å². The Balaban J connectivity index is 1.98. The van der Waals surface area contributed by atoms with E-state index in [2.05, 4.69) is 10.3 Å². The van der Waals surface area contributed by atoms with Gasteiger partial charge in [0, 0.05) is 0 Å². The molecule has 5 heteroatoms. The topological polar surface area (TPSA) is 24.9 Å². The standard InChI is InChI=1S/C13H8ClFN2S/c14-9-3-1-2-4-10(9)16-13-17-11-6-5-8(15)7-12(11)18-13/h1-7H,(H,16,17). The number of hydrogen-bond acceptors (Lipinski definition) is 3. The Morgan fingerprint density at radius 3 is 2.83 bits per heavy atom. The zero-order valence-corrected chi connectivity index (χ0v) is 10.7. The maximum atomic E-state index is 13.1. The molecule has 1 N–H and O–H groups in total. The molecule has 0 bridgehead atoms. The van der Waals surface area contributed by atoms with Crippen molar-refractivity contribution in [1.82, 2.24) is 4.98 Å². The molecule has 0 saturated heterocycles. The first kappa shape index (κ1) is 11.4. The highest BCUT2D eigenvalue weighted by Crippen LogP contribution is 2.31. The van der Waals surface area contributed by atoms with E-state index in [9.17, 15) is 4.39 Å². The van der Waals surface area contributed by atoms with Gasteiger partial charge in [0.25, 0.3) is 0 Å². The van der Waals surface area contributed by atoms with Gasteiger partial charge in [-0.15, -0.1) is 0 Å². The molecule has 90 valence electrons. The van der Waals surface area contributed by atoms with E-state index in [0.717, 1.165) is 15.9 Å². The van der Waals surface area contributed by atoms with Crippen LogP contribution in [0.25, 0.3) is 10.2 Å². The summed E-state index contributed by atoms with van der Waals surface area (Å²) >= 11 is 7.45. The minimum Gasteiger partial charge on any atom is -0.330 e. The van der Waals surface area contributed by atoms with Gasteiger partial charge in [-0.1, -0.05) is 35.1 Å². The number of hydrogen-bond donors (Lipinski definition) is 1. The van der Waals surface area contributed by atoms with Crippen molar-refractivity contribution in [1.29, 1.82) is 0 Å². The first-order valence-corrected chi connectivity index (χ1v) is 6.49. The Kier molecular flexibility index (Phi) is 2.89. The van der Waals surface area contributed by atoms with Gasteiger partial charge in [-0.05, 0) is 30.3 Å². The van der Waals surface area contributed by atoms with Gasteiger partial charge in [0.2, 0.25) is 0 Å². The lowest BCUT2D eigenvalue weighted by Gasteiger charge is -2.03. The maximum absolute atomic E-state index is 13.1. The third kappa shape index (κ3) is 2.17. The minimum atomic E-state index is -0.254. The van der Waals surface area contributed by atoms with Crippen LogP contribution in [-0.4, -0.2) is 4.98 Å². The van der Waals surface area contributed by atoms with E-state index in [1.807, 2.05) is 18.2 Å². The summed E-state index contributed by atoms with van der Waals surface area (Å²) in [5.74, 6) is -0.254. The highest BCUT2D eigenvalue weighted by Gasteiger charge is 2.06. The van der Waals surface area contributed by atoms with Gasteiger partial charge in [0.15, 0.2) is 5.13 Å². The second-order valence-electron chi connectivity index (χ2n) is 3.74. The van der Waals surface area contributed by atoms with Crippen molar-refractivity contribution in [2.75, 3.05) is 5.32 Å². The second kappa shape index (κ2) is 4.55. The molecule has 0 atom stereocenters. The van der Waals surface area contributed by atoms with Crippen LogP contribution in [0.2, 0.25) is 5.02 Å². The predicted octanol–water partition coefficient (Wildman–Crippen LogP) is 4.83. The first-order chi connectivity index (χ1) is 8.72. The number of halogens is 2. The number of anilines is 2. The zero-order chi connectivity index (χ0) is 12.5. The average Bonchev–Trinajstić information content (AvgIpc) is 2.73. The van der Waals surface area contributed by atoms with Crippen molar-refractivity contribution in [2.45, 2.75) is 0 Å². The lowest BCUT2D eigenvalue weighted by molar-refractivity contribution is 0.630. The monoisotopic (exact) mass is 278 g/mol. The molecular formula is C13H8ClFN2S.